The predicted octanol–water partition coefficient (Wildman–Crippen LogP) is 3.96. The van der Waals surface area contributed by atoms with Crippen molar-refractivity contribution in [3.63, 3.8) is 0 Å². The fourth-order valence-corrected chi connectivity index (χ4v) is 2.56. The van der Waals surface area contributed by atoms with E-state index in [1.165, 1.54) is 5.56 Å². The van der Waals surface area contributed by atoms with Crippen LogP contribution in [-0.2, 0) is 13.0 Å². The third kappa shape index (κ3) is 2.36. The number of hydrogen-bond acceptors (Lipinski definition) is 2. The highest BCUT2D eigenvalue weighted by Crippen LogP contribution is 2.38. The maximum atomic E-state index is 5.86. The van der Waals surface area contributed by atoms with Crippen molar-refractivity contribution in [2.24, 2.45) is 0 Å². The minimum atomic E-state index is 0.563. The molecule has 0 radical (unpaired) electrons. The van der Waals surface area contributed by atoms with Crippen molar-refractivity contribution < 1.29 is 9.47 Å². The first-order valence-corrected chi connectivity index (χ1v) is 6.74. The van der Waals surface area contributed by atoms with Crippen LogP contribution in [0, 0.1) is 0 Å². The number of fused-ring (bicyclic) bond motifs is 1. The number of rotatable bonds is 3. The van der Waals surface area contributed by atoms with E-state index in [4.69, 9.17) is 9.47 Å². The van der Waals surface area contributed by atoms with E-state index in [0.29, 0.717) is 6.61 Å². The minimum absolute atomic E-state index is 0.563. The number of hydrogen-bond donors (Lipinski definition) is 0. The van der Waals surface area contributed by atoms with E-state index in [1.807, 2.05) is 24.3 Å². The van der Waals surface area contributed by atoms with Gasteiger partial charge in [0, 0.05) is 16.5 Å². The molecule has 0 aromatic heterocycles. The molecule has 92 valence electrons. The Balaban J connectivity index is 1.81. The molecule has 2 aromatic carbocycles. The van der Waals surface area contributed by atoms with Gasteiger partial charge in [-0.25, -0.2) is 0 Å². The fourth-order valence-electron chi connectivity index (χ4n) is 2.08. The van der Waals surface area contributed by atoms with Crippen LogP contribution in [0.15, 0.2) is 46.9 Å². The first-order chi connectivity index (χ1) is 8.83. The standard InChI is InChI=1S/C15H13BrO2/c16-13-8-12-6-7-17-15(12)14(9-13)18-10-11-4-2-1-3-5-11/h1-5,8-9H,6-7,10H2. The van der Waals surface area contributed by atoms with Gasteiger partial charge in [0.15, 0.2) is 11.5 Å². The van der Waals surface area contributed by atoms with Gasteiger partial charge in [-0.3, -0.25) is 0 Å². The van der Waals surface area contributed by atoms with Gasteiger partial charge in [-0.1, -0.05) is 46.3 Å². The maximum absolute atomic E-state index is 5.86. The molecular formula is C15H13BrO2. The molecule has 0 fully saturated rings. The number of benzene rings is 2. The van der Waals surface area contributed by atoms with Crippen LogP contribution in [0.5, 0.6) is 11.5 Å². The van der Waals surface area contributed by atoms with Crippen molar-refractivity contribution in [3.05, 3.63) is 58.1 Å². The minimum Gasteiger partial charge on any atom is -0.489 e. The van der Waals surface area contributed by atoms with Crippen LogP contribution in [0.1, 0.15) is 11.1 Å². The Morgan fingerprint density at radius 1 is 1.17 bits per heavy atom. The molecule has 3 rings (SSSR count). The summed E-state index contributed by atoms with van der Waals surface area (Å²) >= 11 is 3.51. The third-order valence-electron chi connectivity index (χ3n) is 2.95. The molecule has 0 unspecified atom stereocenters. The fraction of sp³-hybridized carbons (Fsp3) is 0.200. The summed E-state index contributed by atoms with van der Waals surface area (Å²) in [6.07, 6.45) is 0.955. The largest absolute Gasteiger partial charge is 0.489 e. The van der Waals surface area contributed by atoms with Crippen molar-refractivity contribution in [3.8, 4) is 11.5 Å². The first kappa shape index (κ1) is 11.6. The lowest BCUT2D eigenvalue weighted by atomic mass is 10.1. The van der Waals surface area contributed by atoms with Gasteiger partial charge in [0.25, 0.3) is 0 Å². The maximum Gasteiger partial charge on any atom is 0.164 e. The monoisotopic (exact) mass is 304 g/mol. The molecule has 0 saturated heterocycles. The highest BCUT2D eigenvalue weighted by molar-refractivity contribution is 9.10. The van der Waals surface area contributed by atoms with Gasteiger partial charge in [-0.2, -0.15) is 0 Å². The van der Waals surface area contributed by atoms with Gasteiger partial charge in [-0.15, -0.1) is 0 Å². The lowest BCUT2D eigenvalue weighted by Gasteiger charge is -2.11. The SMILES string of the molecule is Brc1cc2c(c(OCc3ccccc3)c1)OCC2. The summed E-state index contributed by atoms with van der Waals surface area (Å²) < 4.78 is 12.5. The smallest absolute Gasteiger partial charge is 0.164 e. The van der Waals surface area contributed by atoms with E-state index in [2.05, 4.69) is 34.1 Å². The van der Waals surface area contributed by atoms with Crippen LogP contribution in [0.2, 0.25) is 0 Å². The van der Waals surface area contributed by atoms with Gasteiger partial charge in [0.2, 0.25) is 0 Å². The summed E-state index contributed by atoms with van der Waals surface area (Å²) in [6.45, 7) is 1.31. The van der Waals surface area contributed by atoms with E-state index in [-0.39, 0.29) is 0 Å². The number of halogens is 1. The van der Waals surface area contributed by atoms with E-state index >= 15 is 0 Å². The van der Waals surface area contributed by atoms with E-state index in [1.54, 1.807) is 0 Å². The van der Waals surface area contributed by atoms with Crippen LogP contribution < -0.4 is 9.47 Å². The second-order valence-corrected chi connectivity index (χ2v) is 5.18. The molecule has 2 aromatic rings. The molecule has 0 amide bonds. The Bertz CT molecular complexity index is 552. The van der Waals surface area contributed by atoms with E-state index in [0.717, 1.165) is 34.6 Å². The lowest BCUT2D eigenvalue weighted by Crippen LogP contribution is -1.97. The molecule has 0 bridgehead atoms. The Morgan fingerprint density at radius 3 is 2.83 bits per heavy atom. The Kier molecular flexibility index (Phi) is 3.24. The summed E-state index contributed by atoms with van der Waals surface area (Å²) in [5.41, 5.74) is 2.37. The van der Waals surface area contributed by atoms with E-state index < -0.39 is 0 Å². The third-order valence-corrected chi connectivity index (χ3v) is 3.41. The topological polar surface area (TPSA) is 18.5 Å². The van der Waals surface area contributed by atoms with Crippen LogP contribution >= 0.6 is 15.9 Å². The Labute approximate surface area is 115 Å². The molecule has 0 N–H and O–H groups in total. The quantitative estimate of drug-likeness (QED) is 0.854. The summed E-state index contributed by atoms with van der Waals surface area (Å²) in [4.78, 5) is 0. The Morgan fingerprint density at radius 2 is 2.00 bits per heavy atom. The molecule has 0 atom stereocenters. The summed E-state index contributed by atoms with van der Waals surface area (Å²) in [7, 11) is 0. The highest BCUT2D eigenvalue weighted by atomic mass is 79.9. The van der Waals surface area contributed by atoms with Crippen molar-refractivity contribution in [1.82, 2.24) is 0 Å². The summed E-state index contributed by atoms with van der Waals surface area (Å²) in [5, 5.41) is 0. The second-order valence-electron chi connectivity index (χ2n) is 4.26. The molecule has 0 saturated carbocycles. The van der Waals surface area contributed by atoms with Crippen molar-refractivity contribution in [1.29, 1.82) is 0 Å². The molecule has 2 nitrogen and oxygen atoms in total. The molecule has 0 aliphatic carbocycles. The first-order valence-electron chi connectivity index (χ1n) is 5.95. The van der Waals surface area contributed by atoms with Gasteiger partial charge >= 0.3 is 0 Å². The van der Waals surface area contributed by atoms with Gasteiger partial charge in [0.05, 0.1) is 6.61 Å². The number of ether oxygens (including phenoxy) is 2. The zero-order chi connectivity index (χ0) is 12.4. The zero-order valence-corrected chi connectivity index (χ0v) is 11.4. The van der Waals surface area contributed by atoms with Crippen LogP contribution in [0.3, 0.4) is 0 Å². The average molecular weight is 305 g/mol. The van der Waals surface area contributed by atoms with Gasteiger partial charge < -0.3 is 9.47 Å². The van der Waals surface area contributed by atoms with E-state index in [9.17, 15) is 0 Å². The van der Waals surface area contributed by atoms with Crippen LogP contribution in [-0.4, -0.2) is 6.61 Å². The molecule has 0 spiro atoms. The molecular weight excluding hydrogens is 292 g/mol. The molecule has 1 heterocycles. The molecule has 3 heteroatoms. The molecule has 18 heavy (non-hydrogen) atoms. The summed E-state index contributed by atoms with van der Waals surface area (Å²) in [5.74, 6) is 1.72. The Hall–Kier alpha value is -1.48. The highest BCUT2D eigenvalue weighted by Gasteiger charge is 2.18. The van der Waals surface area contributed by atoms with Crippen LogP contribution in [0.4, 0.5) is 0 Å². The average Bonchev–Trinajstić information content (AvgIpc) is 2.85. The van der Waals surface area contributed by atoms with Crippen molar-refractivity contribution in [2.75, 3.05) is 6.61 Å². The van der Waals surface area contributed by atoms with Gasteiger partial charge in [0.1, 0.15) is 6.61 Å². The predicted molar refractivity (Wildman–Crippen MR) is 74.1 cm³/mol. The van der Waals surface area contributed by atoms with Crippen molar-refractivity contribution in [2.45, 2.75) is 13.0 Å². The summed E-state index contributed by atoms with van der Waals surface area (Å²) in [6, 6.07) is 14.2. The van der Waals surface area contributed by atoms with Gasteiger partial charge in [-0.05, 0) is 17.7 Å². The molecule has 1 aliphatic heterocycles. The second kappa shape index (κ2) is 5.02. The molecule has 1 aliphatic rings. The zero-order valence-electron chi connectivity index (χ0n) is 9.86. The normalized spacial score (nSPS) is 12.9. The van der Waals surface area contributed by atoms with Crippen LogP contribution in [0.25, 0.3) is 0 Å². The van der Waals surface area contributed by atoms with Crippen molar-refractivity contribution >= 4 is 15.9 Å². The lowest BCUT2D eigenvalue weighted by molar-refractivity contribution is 0.277.